The van der Waals surface area contributed by atoms with Gasteiger partial charge in [-0.3, -0.25) is 9.89 Å². The lowest BCUT2D eigenvalue weighted by molar-refractivity contribution is 0.180. The lowest BCUT2D eigenvalue weighted by atomic mass is 10.3. The molecule has 30 heavy (non-hydrogen) atoms. The van der Waals surface area contributed by atoms with Crippen LogP contribution in [0.3, 0.4) is 0 Å². The number of hydrogen-bond acceptors (Lipinski definition) is 7. The Kier molecular flexibility index (Phi) is 14.7. The number of ether oxygens (including phenoxy) is 1. The molecule has 172 valence electrons. The first-order chi connectivity index (χ1) is 14.2. The summed E-state index contributed by atoms with van der Waals surface area (Å²) in [4.78, 5) is 20.1. The van der Waals surface area contributed by atoms with E-state index in [1.165, 1.54) is 0 Å². The van der Waals surface area contributed by atoms with Gasteiger partial charge in [-0.25, -0.2) is 9.97 Å². The van der Waals surface area contributed by atoms with Crippen molar-refractivity contribution in [2.75, 3.05) is 91.6 Å². The Bertz CT molecular complexity index is 569. The first kappa shape index (κ1) is 26.8. The Hall–Kier alpha value is -1.24. The Labute approximate surface area is 198 Å². The van der Waals surface area contributed by atoms with Gasteiger partial charge in [-0.1, -0.05) is 0 Å². The highest BCUT2D eigenvalue weighted by Crippen LogP contribution is 2.09. The first-order valence-corrected chi connectivity index (χ1v) is 10.6. The van der Waals surface area contributed by atoms with E-state index in [-0.39, 0.29) is 24.0 Å². The number of halogens is 1. The topological polar surface area (TPSA) is 81.2 Å². The number of nitrogens with one attached hydrogen (secondary N) is 2. The molecule has 0 amide bonds. The number of piperazine rings is 1. The van der Waals surface area contributed by atoms with Gasteiger partial charge in [-0.05, 0) is 32.5 Å². The second-order valence-electron chi connectivity index (χ2n) is 7.31. The van der Waals surface area contributed by atoms with E-state index in [2.05, 4.69) is 47.3 Å². The number of likely N-dealkylation sites (N-methyl/N-ethyl adjacent to an activating group) is 1. The SMILES string of the molecule is CN=C(NCCCN1CCN(c2ncccn2)CC1)NCCN(C)CCCOC.I. The molecule has 2 heterocycles. The van der Waals surface area contributed by atoms with Gasteiger partial charge < -0.3 is 25.2 Å². The molecule has 2 N–H and O–H groups in total. The Morgan fingerprint density at radius 2 is 1.80 bits per heavy atom. The van der Waals surface area contributed by atoms with E-state index in [1.807, 2.05) is 13.1 Å². The van der Waals surface area contributed by atoms with Crippen molar-refractivity contribution in [3.63, 3.8) is 0 Å². The third kappa shape index (κ3) is 10.7. The molecule has 1 aromatic rings. The van der Waals surface area contributed by atoms with Gasteiger partial charge in [0.25, 0.3) is 0 Å². The van der Waals surface area contributed by atoms with Gasteiger partial charge in [0.2, 0.25) is 5.95 Å². The van der Waals surface area contributed by atoms with E-state index in [9.17, 15) is 0 Å². The molecule has 0 saturated carbocycles. The summed E-state index contributed by atoms with van der Waals surface area (Å²) >= 11 is 0. The van der Waals surface area contributed by atoms with E-state index < -0.39 is 0 Å². The van der Waals surface area contributed by atoms with Crippen LogP contribution in [0.1, 0.15) is 12.8 Å². The summed E-state index contributed by atoms with van der Waals surface area (Å²) in [5, 5.41) is 6.80. The van der Waals surface area contributed by atoms with Crippen molar-refractivity contribution in [1.29, 1.82) is 0 Å². The lowest BCUT2D eigenvalue weighted by Crippen LogP contribution is -2.48. The second kappa shape index (κ2) is 16.5. The number of aromatic nitrogens is 2. The van der Waals surface area contributed by atoms with Crippen molar-refractivity contribution in [3.05, 3.63) is 18.5 Å². The van der Waals surface area contributed by atoms with Crippen LogP contribution in [0.25, 0.3) is 0 Å². The zero-order valence-electron chi connectivity index (χ0n) is 18.7. The molecule has 0 atom stereocenters. The molecule has 0 aliphatic carbocycles. The summed E-state index contributed by atoms with van der Waals surface area (Å²) in [5.74, 6) is 1.72. The number of anilines is 1. The Balaban J connectivity index is 0.00000450. The van der Waals surface area contributed by atoms with Crippen molar-refractivity contribution >= 4 is 35.9 Å². The average Bonchev–Trinajstić information content (AvgIpc) is 2.76. The molecule has 0 bridgehead atoms. The molecule has 1 fully saturated rings. The van der Waals surface area contributed by atoms with Crippen LogP contribution in [-0.4, -0.2) is 112 Å². The highest BCUT2D eigenvalue weighted by Gasteiger charge is 2.18. The molecule has 1 aromatic heterocycles. The molecule has 2 rings (SSSR count). The van der Waals surface area contributed by atoms with Gasteiger partial charge in [-0.15, -0.1) is 24.0 Å². The van der Waals surface area contributed by atoms with Gasteiger partial charge in [0.15, 0.2) is 5.96 Å². The monoisotopic (exact) mass is 534 g/mol. The number of rotatable bonds is 12. The number of hydrogen-bond donors (Lipinski definition) is 2. The van der Waals surface area contributed by atoms with Crippen LogP contribution in [0.15, 0.2) is 23.5 Å². The van der Waals surface area contributed by atoms with Crippen molar-refractivity contribution in [2.24, 2.45) is 4.99 Å². The molecule has 0 spiro atoms. The quantitative estimate of drug-likeness (QED) is 0.176. The van der Waals surface area contributed by atoms with Gasteiger partial charge in [-0.2, -0.15) is 0 Å². The van der Waals surface area contributed by atoms with Gasteiger partial charge in [0.1, 0.15) is 0 Å². The summed E-state index contributed by atoms with van der Waals surface area (Å²) in [6.07, 6.45) is 5.77. The number of methoxy groups -OCH3 is 1. The zero-order valence-corrected chi connectivity index (χ0v) is 21.0. The fourth-order valence-corrected chi connectivity index (χ4v) is 3.31. The fraction of sp³-hybridized carbons (Fsp3) is 0.750. The molecule has 1 aliphatic rings. The minimum Gasteiger partial charge on any atom is -0.385 e. The van der Waals surface area contributed by atoms with Crippen molar-refractivity contribution < 1.29 is 4.74 Å². The predicted octanol–water partition coefficient (Wildman–Crippen LogP) is 0.740. The molecule has 0 unspecified atom stereocenters. The van der Waals surface area contributed by atoms with Crippen LogP contribution in [0.5, 0.6) is 0 Å². The largest absolute Gasteiger partial charge is 0.385 e. The van der Waals surface area contributed by atoms with E-state index in [4.69, 9.17) is 4.74 Å². The minimum atomic E-state index is 0. The molecular weight excluding hydrogens is 495 g/mol. The maximum absolute atomic E-state index is 5.09. The first-order valence-electron chi connectivity index (χ1n) is 10.6. The number of guanidine groups is 1. The summed E-state index contributed by atoms with van der Waals surface area (Å²) in [6.45, 7) is 9.83. The van der Waals surface area contributed by atoms with E-state index in [0.29, 0.717) is 0 Å². The predicted molar refractivity (Wildman–Crippen MR) is 134 cm³/mol. The van der Waals surface area contributed by atoms with Crippen LogP contribution in [0, 0.1) is 0 Å². The molecular formula is C20H39IN8O. The summed E-state index contributed by atoms with van der Waals surface area (Å²) in [6, 6.07) is 1.86. The van der Waals surface area contributed by atoms with Crippen LogP contribution >= 0.6 is 24.0 Å². The Morgan fingerprint density at radius 1 is 1.10 bits per heavy atom. The van der Waals surface area contributed by atoms with Crippen molar-refractivity contribution in [1.82, 2.24) is 30.4 Å². The molecule has 9 nitrogen and oxygen atoms in total. The van der Waals surface area contributed by atoms with Crippen molar-refractivity contribution in [3.8, 4) is 0 Å². The standard InChI is InChI=1S/C20H38N8O.HI/c1-21-19(23-10-13-26(2)11-6-18-29-3)22-9-5-12-27-14-16-28(17-15-27)20-24-7-4-8-25-20;/h4,7-8H,5-6,9-18H2,1-3H3,(H2,21,22,23);1H. The van der Waals surface area contributed by atoms with Crippen LogP contribution in [-0.2, 0) is 4.74 Å². The third-order valence-corrected chi connectivity index (χ3v) is 5.05. The van der Waals surface area contributed by atoms with Crippen LogP contribution in [0.4, 0.5) is 5.95 Å². The molecule has 0 aromatic carbocycles. The highest BCUT2D eigenvalue weighted by atomic mass is 127. The smallest absolute Gasteiger partial charge is 0.225 e. The number of aliphatic imine (C=N–C) groups is 1. The van der Waals surface area contributed by atoms with Crippen molar-refractivity contribution in [2.45, 2.75) is 12.8 Å². The van der Waals surface area contributed by atoms with Gasteiger partial charge in [0, 0.05) is 85.5 Å². The fourth-order valence-electron chi connectivity index (χ4n) is 3.31. The number of nitrogens with zero attached hydrogens (tertiary/aromatic N) is 6. The maximum Gasteiger partial charge on any atom is 0.225 e. The lowest BCUT2D eigenvalue weighted by Gasteiger charge is -2.34. The van der Waals surface area contributed by atoms with E-state index in [0.717, 1.165) is 90.3 Å². The van der Waals surface area contributed by atoms with Crippen LogP contribution in [0.2, 0.25) is 0 Å². The normalized spacial score (nSPS) is 15.2. The summed E-state index contributed by atoms with van der Waals surface area (Å²) in [7, 11) is 5.70. The molecule has 1 saturated heterocycles. The zero-order chi connectivity index (χ0) is 20.7. The minimum absolute atomic E-state index is 0. The summed E-state index contributed by atoms with van der Waals surface area (Å²) < 4.78 is 5.09. The molecule has 0 radical (unpaired) electrons. The van der Waals surface area contributed by atoms with E-state index in [1.54, 1.807) is 19.5 Å². The second-order valence-corrected chi connectivity index (χ2v) is 7.31. The Morgan fingerprint density at radius 3 is 2.47 bits per heavy atom. The highest BCUT2D eigenvalue weighted by molar-refractivity contribution is 14.0. The average molecular weight is 534 g/mol. The third-order valence-electron chi connectivity index (χ3n) is 5.05. The molecule has 1 aliphatic heterocycles. The van der Waals surface area contributed by atoms with Gasteiger partial charge in [0.05, 0.1) is 0 Å². The van der Waals surface area contributed by atoms with Crippen LogP contribution < -0.4 is 15.5 Å². The van der Waals surface area contributed by atoms with E-state index >= 15 is 0 Å². The summed E-state index contributed by atoms with van der Waals surface area (Å²) in [5.41, 5.74) is 0. The maximum atomic E-state index is 5.09. The molecule has 10 heteroatoms. The van der Waals surface area contributed by atoms with Gasteiger partial charge >= 0.3 is 0 Å².